The number of hydrogen-bond acceptors (Lipinski definition) is 7. The SMILES string of the molecule is CC(C)OC(=O)CNC(=O)NC(C(=O)N1CCC[C@H]1C(=O)NC(CC1CCC1)C(=O)C(N)=O)C(C)(C)C. The number of Topliss-reactive ketones (excluding diaryl/α,β-unsaturated/α-hetero) is 1. The zero-order valence-electron chi connectivity index (χ0n) is 22.4. The number of esters is 1. The molecule has 1 saturated carbocycles. The average Bonchev–Trinajstić information content (AvgIpc) is 3.25. The van der Waals surface area contributed by atoms with Crippen LogP contribution in [0.15, 0.2) is 0 Å². The second-order valence-corrected chi connectivity index (χ2v) is 11.2. The highest BCUT2D eigenvalue weighted by Crippen LogP contribution is 2.31. The number of nitrogens with zero attached hydrogens (tertiary/aromatic N) is 1. The van der Waals surface area contributed by atoms with Gasteiger partial charge >= 0.3 is 12.0 Å². The van der Waals surface area contributed by atoms with Crippen molar-refractivity contribution in [1.29, 1.82) is 0 Å². The maximum absolute atomic E-state index is 13.6. The first kappa shape index (κ1) is 30.0. The monoisotopic (exact) mass is 523 g/mol. The van der Waals surface area contributed by atoms with Gasteiger partial charge in [-0.25, -0.2) is 4.79 Å². The number of nitrogens with two attached hydrogens (primary N) is 1. The second-order valence-electron chi connectivity index (χ2n) is 11.2. The van der Waals surface area contributed by atoms with Crippen LogP contribution in [0.1, 0.15) is 73.1 Å². The summed E-state index contributed by atoms with van der Waals surface area (Å²) >= 11 is 0. The molecule has 2 aliphatic rings. The Kier molecular flexibility index (Phi) is 10.4. The molecule has 2 rings (SSSR count). The van der Waals surface area contributed by atoms with Gasteiger partial charge in [0.15, 0.2) is 0 Å². The molecule has 0 aromatic heterocycles. The topological polar surface area (TPSA) is 177 Å². The lowest BCUT2D eigenvalue weighted by molar-refractivity contribution is -0.146. The maximum Gasteiger partial charge on any atom is 0.325 e. The van der Waals surface area contributed by atoms with Crippen LogP contribution >= 0.6 is 0 Å². The Morgan fingerprint density at radius 2 is 1.65 bits per heavy atom. The van der Waals surface area contributed by atoms with Crippen LogP contribution in [-0.4, -0.2) is 77.7 Å². The van der Waals surface area contributed by atoms with E-state index in [4.69, 9.17) is 10.5 Å². The lowest BCUT2D eigenvalue weighted by Gasteiger charge is -2.36. The normalized spacial score (nSPS) is 19.4. The first-order valence-electron chi connectivity index (χ1n) is 12.9. The van der Waals surface area contributed by atoms with E-state index >= 15 is 0 Å². The number of rotatable bonds is 11. The van der Waals surface area contributed by atoms with Gasteiger partial charge in [-0.2, -0.15) is 0 Å². The van der Waals surface area contributed by atoms with Gasteiger partial charge in [0.1, 0.15) is 18.6 Å². The highest BCUT2D eigenvalue weighted by Gasteiger charge is 2.43. The van der Waals surface area contributed by atoms with E-state index in [2.05, 4.69) is 16.0 Å². The number of amides is 5. The molecule has 2 unspecified atom stereocenters. The van der Waals surface area contributed by atoms with E-state index in [-0.39, 0.29) is 18.6 Å². The Morgan fingerprint density at radius 1 is 1.00 bits per heavy atom. The van der Waals surface area contributed by atoms with E-state index in [9.17, 15) is 28.8 Å². The molecule has 37 heavy (non-hydrogen) atoms. The fourth-order valence-electron chi connectivity index (χ4n) is 4.49. The molecule has 2 fully saturated rings. The number of carbonyl (C=O) groups is 6. The van der Waals surface area contributed by atoms with Gasteiger partial charge in [0, 0.05) is 6.54 Å². The first-order valence-corrected chi connectivity index (χ1v) is 12.9. The molecular formula is C25H41N5O7. The van der Waals surface area contributed by atoms with Crippen LogP contribution in [0.5, 0.6) is 0 Å². The van der Waals surface area contributed by atoms with Crippen molar-refractivity contribution >= 4 is 35.5 Å². The molecule has 0 radical (unpaired) electrons. The molecule has 1 heterocycles. The van der Waals surface area contributed by atoms with Crippen LogP contribution in [0.25, 0.3) is 0 Å². The predicted molar refractivity (Wildman–Crippen MR) is 134 cm³/mol. The van der Waals surface area contributed by atoms with Crippen molar-refractivity contribution < 1.29 is 33.5 Å². The van der Waals surface area contributed by atoms with Gasteiger partial charge in [-0.1, -0.05) is 40.0 Å². The van der Waals surface area contributed by atoms with E-state index in [0.717, 1.165) is 19.3 Å². The molecule has 12 nitrogen and oxygen atoms in total. The molecule has 0 aromatic carbocycles. The number of primary amides is 1. The predicted octanol–water partition coefficient (Wildman–Crippen LogP) is 0.372. The van der Waals surface area contributed by atoms with Gasteiger partial charge in [-0.15, -0.1) is 0 Å². The Morgan fingerprint density at radius 3 is 2.16 bits per heavy atom. The number of likely N-dealkylation sites (tertiary alicyclic amines) is 1. The van der Waals surface area contributed by atoms with Crippen LogP contribution in [-0.2, 0) is 28.7 Å². The smallest absolute Gasteiger partial charge is 0.325 e. The summed E-state index contributed by atoms with van der Waals surface area (Å²) in [6.45, 7) is 8.63. The zero-order valence-corrected chi connectivity index (χ0v) is 22.4. The van der Waals surface area contributed by atoms with E-state index in [0.29, 0.717) is 25.8 Å². The minimum Gasteiger partial charge on any atom is -0.462 e. The molecular weight excluding hydrogens is 482 g/mol. The Labute approximate surface area is 217 Å². The van der Waals surface area contributed by atoms with Crippen LogP contribution in [0.2, 0.25) is 0 Å². The third-order valence-electron chi connectivity index (χ3n) is 6.66. The number of ether oxygens (including phenoxy) is 1. The molecule has 1 saturated heterocycles. The molecule has 208 valence electrons. The molecule has 12 heteroatoms. The maximum atomic E-state index is 13.6. The minimum atomic E-state index is -1.11. The fourth-order valence-corrected chi connectivity index (χ4v) is 4.49. The summed E-state index contributed by atoms with van der Waals surface area (Å²) in [4.78, 5) is 76.2. The van der Waals surface area contributed by atoms with Crippen LogP contribution in [0.3, 0.4) is 0 Å². The lowest BCUT2D eigenvalue weighted by Crippen LogP contribution is -2.60. The summed E-state index contributed by atoms with van der Waals surface area (Å²) in [7, 11) is 0. The number of hydrogen-bond donors (Lipinski definition) is 4. The van der Waals surface area contributed by atoms with Gasteiger partial charge in [0.25, 0.3) is 5.91 Å². The Hall–Kier alpha value is -3.18. The largest absolute Gasteiger partial charge is 0.462 e. The number of nitrogens with one attached hydrogen (secondary N) is 3. The zero-order chi connectivity index (χ0) is 27.9. The summed E-state index contributed by atoms with van der Waals surface area (Å²) in [5, 5.41) is 7.67. The fraction of sp³-hybridized carbons (Fsp3) is 0.760. The second kappa shape index (κ2) is 12.9. The van der Waals surface area contributed by atoms with Crippen molar-refractivity contribution in [2.45, 2.75) is 97.4 Å². The van der Waals surface area contributed by atoms with Crippen LogP contribution in [0, 0.1) is 11.3 Å². The third kappa shape index (κ3) is 8.71. The van der Waals surface area contributed by atoms with Gasteiger partial charge in [-0.3, -0.25) is 24.0 Å². The molecule has 5 N–H and O–H groups in total. The molecule has 1 aliphatic heterocycles. The van der Waals surface area contributed by atoms with Crippen molar-refractivity contribution in [2.24, 2.45) is 17.1 Å². The van der Waals surface area contributed by atoms with E-state index < -0.39 is 59.0 Å². The van der Waals surface area contributed by atoms with Crippen molar-refractivity contribution in [3.8, 4) is 0 Å². The van der Waals surface area contributed by atoms with Crippen molar-refractivity contribution in [3.63, 3.8) is 0 Å². The highest BCUT2D eigenvalue weighted by atomic mass is 16.5. The van der Waals surface area contributed by atoms with Gasteiger partial charge in [0.2, 0.25) is 17.6 Å². The van der Waals surface area contributed by atoms with Gasteiger partial charge in [0.05, 0.1) is 12.1 Å². The number of carbonyl (C=O) groups excluding carboxylic acids is 6. The molecule has 0 aromatic rings. The van der Waals surface area contributed by atoms with Crippen molar-refractivity contribution in [2.75, 3.05) is 13.1 Å². The highest BCUT2D eigenvalue weighted by molar-refractivity contribution is 6.37. The van der Waals surface area contributed by atoms with Crippen molar-refractivity contribution in [1.82, 2.24) is 20.9 Å². The minimum absolute atomic E-state index is 0.237. The quantitative estimate of drug-likeness (QED) is 0.223. The lowest BCUT2D eigenvalue weighted by atomic mass is 9.80. The van der Waals surface area contributed by atoms with Gasteiger partial charge in [-0.05, 0) is 44.4 Å². The first-order chi connectivity index (χ1) is 17.2. The summed E-state index contributed by atoms with van der Waals surface area (Å²) in [5.41, 5.74) is 4.48. The molecule has 3 atom stereocenters. The molecule has 0 bridgehead atoms. The van der Waals surface area contributed by atoms with Crippen LogP contribution < -0.4 is 21.7 Å². The van der Waals surface area contributed by atoms with Gasteiger partial charge < -0.3 is 31.3 Å². The summed E-state index contributed by atoms with van der Waals surface area (Å²) in [6, 6.07) is -3.60. The molecule has 5 amide bonds. The standard InChI is InChI=1S/C25H41N5O7/c1-14(2)37-18(31)13-27-24(36)29-20(25(3,4)5)23(35)30-11-7-10-17(30)22(34)28-16(19(32)21(26)33)12-15-8-6-9-15/h14-17,20H,6-13H2,1-5H3,(H2,26,33)(H,28,34)(H2,27,29,36)/t16?,17-,20?/m0/s1. The summed E-state index contributed by atoms with van der Waals surface area (Å²) in [6.07, 6.45) is 3.82. The number of urea groups is 1. The summed E-state index contributed by atoms with van der Waals surface area (Å²) in [5.74, 6) is -3.31. The Bertz CT molecular complexity index is 894. The molecule has 0 spiro atoms. The summed E-state index contributed by atoms with van der Waals surface area (Å²) < 4.78 is 4.99. The van der Waals surface area contributed by atoms with E-state index in [1.165, 1.54) is 4.90 Å². The van der Waals surface area contributed by atoms with Crippen LogP contribution in [0.4, 0.5) is 4.79 Å². The van der Waals surface area contributed by atoms with E-state index in [1.54, 1.807) is 34.6 Å². The molecule has 1 aliphatic carbocycles. The van der Waals surface area contributed by atoms with Crippen molar-refractivity contribution in [3.05, 3.63) is 0 Å². The van der Waals surface area contributed by atoms with E-state index in [1.807, 2.05) is 0 Å². The third-order valence-corrected chi connectivity index (χ3v) is 6.66. The average molecular weight is 524 g/mol. The Balaban J connectivity index is 2.09. The number of ketones is 1.